The summed E-state index contributed by atoms with van der Waals surface area (Å²) >= 11 is 0. The zero-order chi connectivity index (χ0) is 9.90. The van der Waals surface area contributed by atoms with Gasteiger partial charge in [0, 0.05) is 0 Å². The van der Waals surface area contributed by atoms with Crippen molar-refractivity contribution in [3.05, 3.63) is 55.0 Å². The number of rotatable bonds is 0. The first-order valence-corrected chi connectivity index (χ1v) is 5.45. The summed E-state index contributed by atoms with van der Waals surface area (Å²) in [5, 5.41) is 0. The monoisotopic (exact) mass is 187 g/mol. The summed E-state index contributed by atoms with van der Waals surface area (Å²) in [6.45, 7) is 0. The van der Waals surface area contributed by atoms with Crippen molar-refractivity contribution in [1.82, 2.24) is 0 Å². The van der Waals surface area contributed by atoms with Gasteiger partial charge in [0.1, 0.15) is 0 Å². The third-order valence-electron chi connectivity index (χ3n) is 2.10. The quantitative estimate of drug-likeness (QED) is 0.494. The molecule has 0 atom stereocenters. The first-order valence-electron chi connectivity index (χ1n) is 5.45. The SMILES string of the molecule is [CH]1/C=C/C=C\C/C=C\CC/C=C\CC1. The fraction of sp³-hybridized carbons (Fsp3) is 0.357. The van der Waals surface area contributed by atoms with E-state index in [1.165, 1.54) is 12.8 Å². The van der Waals surface area contributed by atoms with Crippen molar-refractivity contribution in [3.63, 3.8) is 0 Å². The molecule has 1 rings (SSSR count). The zero-order valence-electron chi connectivity index (χ0n) is 8.73. The van der Waals surface area contributed by atoms with Gasteiger partial charge < -0.3 is 0 Å². The highest BCUT2D eigenvalue weighted by Crippen LogP contribution is 2.01. The summed E-state index contributed by atoms with van der Waals surface area (Å²) < 4.78 is 0. The Kier molecular flexibility index (Phi) is 6.74. The maximum absolute atomic E-state index is 2.28. The molecule has 0 amide bonds. The predicted octanol–water partition coefficient (Wildman–Crippen LogP) is 4.38. The van der Waals surface area contributed by atoms with Gasteiger partial charge in [0.25, 0.3) is 0 Å². The lowest BCUT2D eigenvalue weighted by atomic mass is 10.2. The van der Waals surface area contributed by atoms with Crippen LogP contribution in [-0.2, 0) is 0 Å². The third kappa shape index (κ3) is 6.47. The van der Waals surface area contributed by atoms with E-state index >= 15 is 0 Å². The van der Waals surface area contributed by atoms with Crippen LogP contribution in [0, 0.1) is 6.42 Å². The van der Waals surface area contributed by atoms with Crippen molar-refractivity contribution in [3.8, 4) is 0 Å². The van der Waals surface area contributed by atoms with Gasteiger partial charge in [-0.25, -0.2) is 0 Å². The van der Waals surface area contributed by atoms with Gasteiger partial charge >= 0.3 is 0 Å². The Morgan fingerprint density at radius 2 is 1.21 bits per heavy atom. The van der Waals surface area contributed by atoms with Gasteiger partial charge in [0.15, 0.2) is 0 Å². The Morgan fingerprint density at radius 1 is 0.500 bits per heavy atom. The molecule has 0 saturated carbocycles. The molecule has 0 aliphatic heterocycles. The Labute approximate surface area is 87.7 Å². The van der Waals surface area contributed by atoms with Gasteiger partial charge in [-0.3, -0.25) is 0 Å². The lowest BCUT2D eigenvalue weighted by molar-refractivity contribution is 0.976. The maximum atomic E-state index is 2.28. The molecular formula is C14H19. The second-order valence-corrected chi connectivity index (χ2v) is 3.38. The van der Waals surface area contributed by atoms with Crippen LogP contribution in [0.2, 0.25) is 0 Å². The van der Waals surface area contributed by atoms with Crippen LogP contribution in [0.1, 0.15) is 32.1 Å². The molecule has 0 nitrogen and oxygen atoms in total. The van der Waals surface area contributed by atoms with E-state index in [2.05, 4.69) is 55.0 Å². The molecule has 0 saturated heterocycles. The summed E-state index contributed by atoms with van der Waals surface area (Å²) in [4.78, 5) is 0. The first-order chi connectivity index (χ1) is 7.00. The third-order valence-corrected chi connectivity index (χ3v) is 2.10. The van der Waals surface area contributed by atoms with Crippen LogP contribution in [0.3, 0.4) is 0 Å². The lowest BCUT2D eigenvalue weighted by Gasteiger charge is -1.91. The Hall–Kier alpha value is -1.04. The highest BCUT2D eigenvalue weighted by molar-refractivity contribution is 5.09. The molecule has 0 aromatic rings. The summed E-state index contributed by atoms with van der Waals surface area (Å²) in [5.41, 5.74) is 0. The molecule has 0 spiro atoms. The number of hydrogen-bond donors (Lipinski definition) is 0. The molecule has 0 unspecified atom stereocenters. The predicted molar refractivity (Wildman–Crippen MR) is 63.9 cm³/mol. The van der Waals surface area contributed by atoms with Crippen LogP contribution in [-0.4, -0.2) is 0 Å². The van der Waals surface area contributed by atoms with Gasteiger partial charge in [-0.1, -0.05) is 48.6 Å². The van der Waals surface area contributed by atoms with Crippen molar-refractivity contribution in [2.45, 2.75) is 32.1 Å². The van der Waals surface area contributed by atoms with Crippen LogP contribution < -0.4 is 0 Å². The van der Waals surface area contributed by atoms with Crippen LogP contribution in [0.15, 0.2) is 48.6 Å². The van der Waals surface area contributed by atoms with Crippen LogP contribution in [0.25, 0.3) is 0 Å². The standard InChI is InChI=1S/C14H19/c1-2-4-6-8-10-12-14-13-11-9-7-5-3-1/h1-5,8,10-11,13H,6-7,9,12,14H2/b3-1+,4-2-,10-8-,13-11-. The van der Waals surface area contributed by atoms with Gasteiger partial charge in [-0.05, 0) is 38.5 Å². The van der Waals surface area contributed by atoms with E-state index in [1.807, 2.05) is 0 Å². The molecule has 1 aliphatic carbocycles. The van der Waals surface area contributed by atoms with Crippen molar-refractivity contribution < 1.29 is 0 Å². The number of hydrogen-bond acceptors (Lipinski definition) is 0. The van der Waals surface area contributed by atoms with E-state index in [4.69, 9.17) is 0 Å². The normalized spacial score (nSPS) is 28.6. The Morgan fingerprint density at radius 3 is 2.07 bits per heavy atom. The average molecular weight is 187 g/mol. The fourth-order valence-electron chi connectivity index (χ4n) is 1.31. The summed E-state index contributed by atoms with van der Waals surface area (Å²) in [5.74, 6) is 0. The van der Waals surface area contributed by atoms with Gasteiger partial charge in [-0.15, -0.1) is 0 Å². The zero-order valence-corrected chi connectivity index (χ0v) is 8.73. The van der Waals surface area contributed by atoms with Crippen LogP contribution in [0.5, 0.6) is 0 Å². The van der Waals surface area contributed by atoms with E-state index in [1.54, 1.807) is 0 Å². The Balaban J connectivity index is 2.34. The molecule has 0 heterocycles. The molecule has 1 radical (unpaired) electrons. The second kappa shape index (κ2) is 8.55. The minimum Gasteiger partial charge on any atom is -0.0885 e. The molecule has 75 valence electrons. The molecule has 0 aromatic carbocycles. The molecule has 0 fully saturated rings. The average Bonchev–Trinajstić information content (AvgIpc) is 2.22. The van der Waals surface area contributed by atoms with E-state index in [-0.39, 0.29) is 0 Å². The van der Waals surface area contributed by atoms with E-state index in [0.29, 0.717) is 0 Å². The first kappa shape index (κ1) is 11.0. The van der Waals surface area contributed by atoms with Gasteiger partial charge in [-0.2, -0.15) is 0 Å². The smallest absolute Gasteiger partial charge is 0.0164 e. The largest absolute Gasteiger partial charge is 0.0885 e. The summed E-state index contributed by atoms with van der Waals surface area (Å²) in [6.07, 6.45) is 25.5. The molecule has 0 bridgehead atoms. The molecule has 14 heavy (non-hydrogen) atoms. The number of allylic oxidation sites excluding steroid dienone is 8. The molecular weight excluding hydrogens is 168 g/mol. The van der Waals surface area contributed by atoms with Crippen molar-refractivity contribution in [2.75, 3.05) is 0 Å². The lowest BCUT2D eigenvalue weighted by Crippen LogP contribution is -1.72. The minimum absolute atomic E-state index is 1.05. The second-order valence-electron chi connectivity index (χ2n) is 3.38. The molecule has 1 aliphatic rings. The van der Waals surface area contributed by atoms with Gasteiger partial charge in [0.05, 0.1) is 0 Å². The summed E-state index contributed by atoms with van der Waals surface area (Å²) in [6, 6.07) is 0. The molecule has 0 heteroatoms. The topological polar surface area (TPSA) is 0 Å². The highest BCUT2D eigenvalue weighted by atomic mass is 13.9. The van der Waals surface area contributed by atoms with Crippen LogP contribution >= 0.6 is 0 Å². The van der Waals surface area contributed by atoms with Crippen molar-refractivity contribution in [2.24, 2.45) is 0 Å². The minimum atomic E-state index is 1.05. The van der Waals surface area contributed by atoms with Gasteiger partial charge in [0.2, 0.25) is 0 Å². The van der Waals surface area contributed by atoms with Crippen molar-refractivity contribution in [1.29, 1.82) is 0 Å². The van der Waals surface area contributed by atoms with Crippen LogP contribution in [0.4, 0.5) is 0 Å². The highest BCUT2D eigenvalue weighted by Gasteiger charge is 1.82. The molecule has 0 N–H and O–H groups in total. The van der Waals surface area contributed by atoms with E-state index in [0.717, 1.165) is 19.3 Å². The molecule has 0 aromatic heterocycles. The summed E-state index contributed by atoms with van der Waals surface area (Å²) in [7, 11) is 0. The van der Waals surface area contributed by atoms with E-state index in [9.17, 15) is 0 Å². The fourth-order valence-corrected chi connectivity index (χ4v) is 1.31. The Bertz CT molecular complexity index is 228. The maximum Gasteiger partial charge on any atom is -0.0164 e. The van der Waals surface area contributed by atoms with E-state index < -0.39 is 0 Å². The van der Waals surface area contributed by atoms with Crippen molar-refractivity contribution >= 4 is 0 Å².